The fourth-order valence-corrected chi connectivity index (χ4v) is 5.27. The van der Waals surface area contributed by atoms with Crippen LogP contribution in [0.1, 0.15) is 26.4 Å². The maximum absolute atomic E-state index is 13.5. The van der Waals surface area contributed by atoms with Crippen molar-refractivity contribution in [3.8, 4) is 10.6 Å². The van der Waals surface area contributed by atoms with Gasteiger partial charge in [-0.25, -0.2) is 4.98 Å². The molecule has 0 bridgehead atoms. The van der Waals surface area contributed by atoms with E-state index in [1.165, 1.54) is 12.1 Å². The average Bonchev–Trinajstić information content (AvgIpc) is 3.43. The SMILES string of the molecule is Cc1nc(-c2ccc(C3Nc4ccc([N+](=O)[O-])cc4C(=O)N3c3ccccc3)s2)cs1. The number of amides is 1. The van der Waals surface area contributed by atoms with E-state index in [2.05, 4.69) is 10.3 Å². The van der Waals surface area contributed by atoms with E-state index in [0.717, 1.165) is 20.5 Å². The normalized spacial score (nSPS) is 15.5. The van der Waals surface area contributed by atoms with E-state index in [1.54, 1.807) is 33.6 Å². The van der Waals surface area contributed by atoms with Gasteiger partial charge in [0.2, 0.25) is 0 Å². The Morgan fingerprint density at radius 3 is 2.65 bits per heavy atom. The Kier molecular flexibility index (Phi) is 4.76. The first-order chi connectivity index (χ1) is 15.0. The van der Waals surface area contributed by atoms with Gasteiger partial charge in [-0.3, -0.25) is 19.8 Å². The van der Waals surface area contributed by atoms with Crippen LogP contribution in [-0.4, -0.2) is 15.8 Å². The summed E-state index contributed by atoms with van der Waals surface area (Å²) in [7, 11) is 0. The molecular weight excluding hydrogens is 432 g/mol. The Bertz CT molecular complexity index is 1300. The van der Waals surface area contributed by atoms with Gasteiger partial charge in [0, 0.05) is 33.8 Å². The summed E-state index contributed by atoms with van der Waals surface area (Å²) in [6.07, 6.45) is -0.442. The molecule has 1 atom stereocenters. The monoisotopic (exact) mass is 448 g/mol. The third-order valence-electron chi connectivity index (χ3n) is 5.02. The quantitative estimate of drug-likeness (QED) is 0.312. The molecule has 3 heterocycles. The third kappa shape index (κ3) is 3.47. The summed E-state index contributed by atoms with van der Waals surface area (Å²) in [5, 5.41) is 17.6. The Labute approximate surface area is 185 Å². The van der Waals surface area contributed by atoms with Gasteiger partial charge in [0.1, 0.15) is 6.17 Å². The molecule has 1 unspecified atom stereocenters. The second-order valence-corrected chi connectivity index (χ2v) is 9.18. The lowest BCUT2D eigenvalue weighted by Crippen LogP contribution is -2.42. The van der Waals surface area contributed by atoms with Crippen LogP contribution in [-0.2, 0) is 0 Å². The number of nitrogens with one attached hydrogen (secondary N) is 1. The zero-order valence-electron chi connectivity index (χ0n) is 16.3. The summed E-state index contributed by atoms with van der Waals surface area (Å²) in [4.78, 5) is 32.4. The van der Waals surface area contributed by atoms with Crippen molar-refractivity contribution in [2.75, 3.05) is 10.2 Å². The van der Waals surface area contributed by atoms with Crippen LogP contribution in [0.5, 0.6) is 0 Å². The topological polar surface area (TPSA) is 88.4 Å². The number of hydrogen-bond acceptors (Lipinski definition) is 7. The minimum absolute atomic E-state index is 0.113. The standard InChI is InChI=1S/C22H16N4O3S2/c1-13-23-18(12-30-13)19-9-10-20(31-19)21-24-17-8-7-15(26(28)29)11-16(17)22(27)25(21)14-5-3-2-4-6-14/h2-12,21,24H,1H3. The smallest absolute Gasteiger partial charge is 0.270 e. The van der Waals surface area contributed by atoms with E-state index in [1.807, 2.05) is 54.8 Å². The molecule has 31 heavy (non-hydrogen) atoms. The molecule has 1 aliphatic rings. The number of fused-ring (bicyclic) bond motifs is 1. The number of nitro groups is 1. The minimum atomic E-state index is -0.492. The second kappa shape index (κ2) is 7.60. The van der Waals surface area contributed by atoms with E-state index in [9.17, 15) is 14.9 Å². The second-order valence-electron chi connectivity index (χ2n) is 7.00. The highest BCUT2D eigenvalue weighted by molar-refractivity contribution is 7.16. The molecule has 0 saturated heterocycles. The third-order valence-corrected chi connectivity index (χ3v) is 6.95. The van der Waals surface area contributed by atoms with Crippen molar-refractivity contribution in [1.29, 1.82) is 0 Å². The minimum Gasteiger partial charge on any atom is -0.360 e. The molecule has 0 spiro atoms. The van der Waals surface area contributed by atoms with E-state index < -0.39 is 11.1 Å². The van der Waals surface area contributed by atoms with Gasteiger partial charge in [0.05, 0.1) is 26.1 Å². The summed E-state index contributed by atoms with van der Waals surface area (Å²) in [6.45, 7) is 1.97. The number of aryl methyl sites for hydroxylation is 1. The van der Waals surface area contributed by atoms with Crippen LogP contribution >= 0.6 is 22.7 Å². The number of nitrogens with zero attached hydrogens (tertiary/aromatic N) is 3. The van der Waals surface area contributed by atoms with Crippen LogP contribution in [0.25, 0.3) is 10.6 Å². The Morgan fingerprint density at radius 1 is 1.13 bits per heavy atom. The number of carbonyl (C=O) groups is 1. The van der Waals surface area contributed by atoms with Crippen molar-refractivity contribution in [1.82, 2.24) is 4.98 Å². The number of benzene rings is 2. The van der Waals surface area contributed by atoms with Crippen LogP contribution in [0.15, 0.2) is 66.0 Å². The summed E-state index contributed by atoms with van der Waals surface area (Å²) in [6, 6.07) is 17.6. The van der Waals surface area contributed by atoms with Crippen LogP contribution in [0.2, 0.25) is 0 Å². The molecule has 1 amide bonds. The van der Waals surface area contributed by atoms with Gasteiger partial charge in [-0.2, -0.15) is 0 Å². The first kappa shape index (κ1) is 19.4. The number of rotatable bonds is 4. The molecule has 4 aromatic rings. The number of aromatic nitrogens is 1. The average molecular weight is 449 g/mol. The van der Waals surface area contributed by atoms with E-state index in [0.29, 0.717) is 11.4 Å². The number of thiazole rings is 1. The molecule has 0 radical (unpaired) electrons. The molecule has 154 valence electrons. The predicted molar refractivity (Wildman–Crippen MR) is 123 cm³/mol. The number of non-ortho nitro benzene ring substituents is 1. The van der Waals surface area contributed by atoms with Gasteiger partial charge >= 0.3 is 0 Å². The number of thiophene rings is 1. The number of nitro benzene ring substituents is 1. The number of hydrogen-bond donors (Lipinski definition) is 1. The first-order valence-corrected chi connectivity index (χ1v) is 11.2. The zero-order chi connectivity index (χ0) is 21.5. The van der Waals surface area contributed by atoms with Gasteiger partial charge in [-0.15, -0.1) is 22.7 Å². The lowest BCUT2D eigenvalue weighted by Gasteiger charge is -2.37. The summed E-state index contributed by atoms with van der Waals surface area (Å²) in [5.41, 5.74) is 2.37. The van der Waals surface area contributed by atoms with Crippen LogP contribution < -0.4 is 10.2 Å². The molecular formula is C22H16N4O3S2. The number of carbonyl (C=O) groups excluding carboxylic acids is 1. The largest absolute Gasteiger partial charge is 0.360 e. The molecule has 5 rings (SSSR count). The molecule has 1 N–H and O–H groups in total. The fourth-order valence-electron chi connectivity index (χ4n) is 3.57. The van der Waals surface area contributed by atoms with Gasteiger partial charge < -0.3 is 5.32 Å². The van der Waals surface area contributed by atoms with Gasteiger partial charge in [-0.05, 0) is 37.3 Å². The number of anilines is 2. The lowest BCUT2D eigenvalue weighted by molar-refractivity contribution is -0.384. The van der Waals surface area contributed by atoms with Gasteiger partial charge in [-0.1, -0.05) is 18.2 Å². The van der Waals surface area contributed by atoms with Crippen molar-refractivity contribution in [2.24, 2.45) is 0 Å². The molecule has 1 aliphatic heterocycles. The number of para-hydroxylation sites is 1. The van der Waals surface area contributed by atoms with E-state index >= 15 is 0 Å². The molecule has 0 aliphatic carbocycles. The van der Waals surface area contributed by atoms with Crippen molar-refractivity contribution < 1.29 is 9.72 Å². The molecule has 2 aromatic carbocycles. The maximum Gasteiger partial charge on any atom is 0.270 e. The maximum atomic E-state index is 13.5. The Morgan fingerprint density at radius 2 is 1.94 bits per heavy atom. The molecule has 0 fully saturated rings. The Balaban J connectivity index is 1.60. The van der Waals surface area contributed by atoms with Crippen molar-refractivity contribution >= 4 is 45.6 Å². The fraction of sp³-hybridized carbons (Fsp3) is 0.0909. The summed E-state index contributed by atoms with van der Waals surface area (Å²) >= 11 is 3.17. The highest BCUT2D eigenvalue weighted by atomic mass is 32.1. The van der Waals surface area contributed by atoms with Gasteiger partial charge in [0.25, 0.3) is 11.6 Å². The molecule has 9 heteroatoms. The van der Waals surface area contributed by atoms with Crippen molar-refractivity contribution in [2.45, 2.75) is 13.1 Å². The summed E-state index contributed by atoms with van der Waals surface area (Å²) in [5.74, 6) is -0.284. The predicted octanol–water partition coefficient (Wildman–Crippen LogP) is 5.86. The van der Waals surface area contributed by atoms with Crippen LogP contribution in [0.4, 0.5) is 17.1 Å². The van der Waals surface area contributed by atoms with E-state index in [-0.39, 0.29) is 17.2 Å². The highest BCUT2D eigenvalue weighted by Gasteiger charge is 2.36. The highest BCUT2D eigenvalue weighted by Crippen LogP contribution is 2.41. The van der Waals surface area contributed by atoms with Crippen molar-refractivity contribution in [3.05, 3.63) is 91.6 Å². The molecule has 2 aromatic heterocycles. The van der Waals surface area contributed by atoms with Gasteiger partial charge in [0.15, 0.2) is 0 Å². The molecule has 0 saturated carbocycles. The zero-order valence-corrected chi connectivity index (χ0v) is 17.9. The lowest BCUT2D eigenvalue weighted by atomic mass is 10.0. The Hall–Kier alpha value is -3.56. The molecule has 7 nitrogen and oxygen atoms in total. The van der Waals surface area contributed by atoms with E-state index in [4.69, 9.17) is 0 Å². The van der Waals surface area contributed by atoms with Crippen LogP contribution in [0.3, 0.4) is 0 Å². The first-order valence-electron chi connectivity index (χ1n) is 9.47. The summed E-state index contributed by atoms with van der Waals surface area (Å²) < 4.78 is 0. The van der Waals surface area contributed by atoms with Crippen LogP contribution in [0, 0.1) is 17.0 Å². The van der Waals surface area contributed by atoms with Crippen molar-refractivity contribution in [3.63, 3.8) is 0 Å².